The first-order valence-corrected chi connectivity index (χ1v) is 14.1. The van der Waals surface area contributed by atoms with E-state index in [2.05, 4.69) is 6.58 Å². The summed E-state index contributed by atoms with van der Waals surface area (Å²) in [6.45, 7) is 9.61. The Morgan fingerprint density at radius 2 is 2.00 bits per heavy atom. The minimum atomic E-state index is -1.18. The van der Waals surface area contributed by atoms with Gasteiger partial charge in [-0.1, -0.05) is 48.5 Å². The van der Waals surface area contributed by atoms with Gasteiger partial charge in [0, 0.05) is 12.2 Å². The number of likely N-dealkylation sites (tertiary alicyclic amines) is 1. The highest BCUT2D eigenvalue weighted by molar-refractivity contribution is 6.05. The molecule has 2 aromatic rings. The van der Waals surface area contributed by atoms with E-state index in [1.54, 1.807) is 17.9 Å². The SMILES string of the molecule is C=CCN(C(=O)[C@@H]1N([C@@H](CO)Cc2ccccc2)C(=O)[C@H]2[C@H](C(=O)OCC)[C@@H]3CC[C@]12O3)c1cc(C)ccc1C. The molecule has 3 fully saturated rings. The van der Waals surface area contributed by atoms with Crippen molar-refractivity contribution in [3.05, 3.63) is 77.9 Å². The van der Waals surface area contributed by atoms with E-state index in [0.717, 1.165) is 22.4 Å². The molecule has 0 unspecified atom stereocenters. The van der Waals surface area contributed by atoms with Gasteiger partial charge in [0.2, 0.25) is 5.91 Å². The molecule has 8 nitrogen and oxygen atoms in total. The zero-order valence-electron chi connectivity index (χ0n) is 23.4. The molecule has 3 aliphatic heterocycles. The van der Waals surface area contributed by atoms with Crippen molar-refractivity contribution in [3.8, 4) is 0 Å². The number of anilines is 1. The average molecular weight is 547 g/mol. The molecule has 5 rings (SSSR count). The van der Waals surface area contributed by atoms with E-state index in [0.29, 0.717) is 19.3 Å². The molecule has 2 aromatic carbocycles. The summed E-state index contributed by atoms with van der Waals surface area (Å²) in [7, 11) is 0. The maximum absolute atomic E-state index is 14.8. The van der Waals surface area contributed by atoms with Crippen molar-refractivity contribution in [1.29, 1.82) is 0 Å². The molecule has 3 aliphatic rings. The largest absolute Gasteiger partial charge is 0.466 e. The standard InChI is InChI=1S/C32H38N2O6/c1-5-16-33(24-17-20(3)12-13-21(24)4)30(37)28-32-15-14-25(40-32)26(31(38)39-6-2)27(32)29(36)34(28)23(19-35)18-22-10-8-7-9-11-22/h5,7-13,17,23,25-28,35H,1,6,14-16,18-19H2,2-4H3/t23-,25+,26-,27-,28+,32-/m1/s1. The summed E-state index contributed by atoms with van der Waals surface area (Å²) in [4.78, 5) is 45.5. The van der Waals surface area contributed by atoms with Crippen LogP contribution in [-0.4, -0.2) is 71.3 Å². The second-order valence-electron chi connectivity index (χ2n) is 11.1. The van der Waals surface area contributed by atoms with E-state index in [9.17, 15) is 19.5 Å². The summed E-state index contributed by atoms with van der Waals surface area (Å²) in [5, 5.41) is 10.6. The molecule has 212 valence electrons. The van der Waals surface area contributed by atoms with E-state index >= 15 is 0 Å². The zero-order chi connectivity index (χ0) is 28.6. The summed E-state index contributed by atoms with van der Waals surface area (Å²) >= 11 is 0. The molecule has 2 amide bonds. The Bertz CT molecular complexity index is 1300. The number of rotatable bonds is 10. The first-order valence-electron chi connectivity index (χ1n) is 14.1. The Morgan fingerprint density at radius 1 is 1.25 bits per heavy atom. The minimum Gasteiger partial charge on any atom is -0.466 e. The fourth-order valence-corrected chi connectivity index (χ4v) is 7.00. The van der Waals surface area contributed by atoms with Gasteiger partial charge in [-0.2, -0.15) is 0 Å². The van der Waals surface area contributed by atoms with Crippen LogP contribution < -0.4 is 4.90 Å². The summed E-state index contributed by atoms with van der Waals surface area (Å²) in [5.74, 6) is -2.75. The van der Waals surface area contributed by atoms with Gasteiger partial charge in [-0.3, -0.25) is 14.4 Å². The van der Waals surface area contributed by atoms with Crippen LogP contribution in [-0.2, 0) is 30.3 Å². The van der Waals surface area contributed by atoms with Crippen LogP contribution in [0, 0.1) is 25.7 Å². The van der Waals surface area contributed by atoms with Gasteiger partial charge < -0.3 is 24.4 Å². The van der Waals surface area contributed by atoms with Crippen LogP contribution in [0.5, 0.6) is 0 Å². The quantitative estimate of drug-likeness (QED) is 0.363. The third-order valence-corrected chi connectivity index (χ3v) is 8.68. The number of ether oxygens (including phenoxy) is 2. The highest BCUT2D eigenvalue weighted by Crippen LogP contribution is 2.59. The summed E-state index contributed by atoms with van der Waals surface area (Å²) < 4.78 is 11.9. The third kappa shape index (κ3) is 4.53. The van der Waals surface area contributed by atoms with Crippen LogP contribution in [0.4, 0.5) is 5.69 Å². The van der Waals surface area contributed by atoms with E-state index in [1.807, 2.05) is 62.4 Å². The lowest BCUT2D eigenvalue weighted by Gasteiger charge is -2.39. The molecule has 3 heterocycles. The van der Waals surface area contributed by atoms with Gasteiger partial charge in [0.1, 0.15) is 11.6 Å². The molecule has 0 radical (unpaired) electrons. The number of aliphatic hydroxyl groups is 1. The average Bonchev–Trinajstić information content (AvgIpc) is 3.59. The Kier molecular flexibility index (Phi) is 7.84. The molecule has 0 aliphatic carbocycles. The van der Waals surface area contributed by atoms with E-state index < -0.39 is 41.6 Å². The Hall–Kier alpha value is -3.49. The molecule has 0 aromatic heterocycles. The lowest BCUT2D eigenvalue weighted by atomic mass is 9.70. The fraction of sp³-hybridized carbons (Fsp3) is 0.469. The summed E-state index contributed by atoms with van der Waals surface area (Å²) in [5.41, 5.74) is 2.39. The topological polar surface area (TPSA) is 96.4 Å². The van der Waals surface area contributed by atoms with Crippen LogP contribution in [0.15, 0.2) is 61.2 Å². The number of esters is 1. The number of amides is 2. The van der Waals surface area contributed by atoms with Crippen LogP contribution in [0.3, 0.4) is 0 Å². The van der Waals surface area contributed by atoms with E-state index in [4.69, 9.17) is 9.47 Å². The molecule has 8 heteroatoms. The zero-order valence-corrected chi connectivity index (χ0v) is 23.4. The van der Waals surface area contributed by atoms with Crippen molar-refractivity contribution in [2.24, 2.45) is 11.8 Å². The van der Waals surface area contributed by atoms with Gasteiger partial charge in [-0.25, -0.2) is 0 Å². The number of carbonyl (C=O) groups is 3. The molecule has 3 saturated heterocycles. The van der Waals surface area contributed by atoms with Gasteiger partial charge in [0.15, 0.2) is 0 Å². The monoisotopic (exact) mass is 546 g/mol. The maximum Gasteiger partial charge on any atom is 0.312 e. The van der Waals surface area contributed by atoms with E-state index in [1.165, 1.54) is 4.90 Å². The number of nitrogens with zero attached hydrogens (tertiary/aromatic N) is 2. The van der Waals surface area contributed by atoms with Crippen LogP contribution >= 0.6 is 0 Å². The van der Waals surface area contributed by atoms with Crippen molar-refractivity contribution in [2.75, 3.05) is 24.7 Å². The normalized spacial score (nSPS) is 27.4. The molecule has 0 saturated carbocycles. The number of carbonyl (C=O) groups excluding carboxylic acids is 3. The van der Waals surface area contributed by atoms with Gasteiger partial charge in [0.05, 0.1) is 37.2 Å². The lowest BCUT2D eigenvalue weighted by Crippen LogP contribution is -2.59. The minimum absolute atomic E-state index is 0.190. The van der Waals surface area contributed by atoms with Crippen LogP contribution in [0.25, 0.3) is 0 Å². The molecule has 6 atom stereocenters. The number of aliphatic hydroxyl groups excluding tert-OH is 1. The fourth-order valence-electron chi connectivity index (χ4n) is 7.00. The molecular formula is C32H38N2O6. The van der Waals surface area contributed by atoms with Gasteiger partial charge in [0.25, 0.3) is 5.91 Å². The van der Waals surface area contributed by atoms with Gasteiger partial charge >= 0.3 is 5.97 Å². The third-order valence-electron chi connectivity index (χ3n) is 8.68. The Labute approximate surface area is 235 Å². The number of hydrogen-bond donors (Lipinski definition) is 1. The first kappa shape index (κ1) is 28.1. The lowest BCUT2D eigenvalue weighted by molar-refractivity contribution is -0.155. The second kappa shape index (κ2) is 11.2. The Morgan fingerprint density at radius 3 is 2.67 bits per heavy atom. The number of hydrogen-bond acceptors (Lipinski definition) is 6. The number of benzene rings is 2. The molecule has 1 N–H and O–H groups in total. The van der Waals surface area contributed by atoms with Crippen LogP contribution in [0.2, 0.25) is 0 Å². The first-order chi connectivity index (χ1) is 19.3. The van der Waals surface area contributed by atoms with Crippen molar-refractivity contribution >= 4 is 23.5 Å². The molecular weight excluding hydrogens is 508 g/mol. The van der Waals surface area contributed by atoms with Crippen molar-refractivity contribution in [2.45, 2.75) is 63.8 Å². The summed E-state index contributed by atoms with van der Waals surface area (Å²) in [6.07, 6.45) is 2.56. The Balaban J connectivity index is 1.62. The number of aryl methyl sites for hydroxylation is 2. The van der Waals surface area contributed by atoms with Crippen LogP contribution in [0.1, 0.15) is 36.5 Å². The van der Waals surface area contributed by atoms with Gasteiger partial charge in [-0.05, 0) is 62.8 Å². The predicted octanol–water partition coefficient (Wildman–Crippen LogP) is 3.36. The number of fused-ring (bicyclic) bond motifs is 1. The molecule has 1 spiro atoms. The van der Waals surface area contributed by atoms with Gasteiger partial charge in [-0.15, -0.1) is 6.58 Å². The highest BCUT2D eigenvalue weighted by Gasteiger charge is 2.75. The van der Waals surface area contributed by atoms with Crippen molar-refractivity contribution in [1.82, 2.24) is 4.90 Å². The van der Waals surface area contributed by atoms with Crippen molar-refractivity contribution in [3.63, 3.8) is 0 Å². The predicted molar refractivity (Wildman–Crippen MR) is 151 cm³/mol. The maximum atomic E-state index is 14.8. The molecule has 40 heavy (non-hydrogen) atoms. The molecule has 2 bridgehead atoms. The highest BCUT2D eigenvalue weighted by atomic mass is 16.6. The van der Waals surface area contributed by atoms with E-state index in [-0.39, 0.29) is 31.6 Å². The smallest absolute Gasteiger partial charge is 0.312 e. The summed E-state index contributed by atoms with van der Waals surface area (Å²) in [6, 6.07) is 13.8. The van der Waals surface area contributed by atoms with Crippen molar-refractivity contribution < 1.29 is 29.0 Å². The second-order valence-corrected chi connectivity index (χ2v) is 11.1.